The molecule has 0 saturated carbocycles. The van der Waals surface area contributed by atoms with Crippen molar-refractivity contribution < 1.29 is 27.4 Å². The first-order valence-corrected chi connectivity index (χ1v) is 6.67. The molecule has 0 aliphatic heterocycles. The van der Waals surface area contributed by atoms with E-state index in [0.717, 1.165) is 0 Å². The molecule has 0 saturated heterocycles. The fourth-order valence-electron chi connectivity index (χ4n) is 1.36. The zero-order valence-corrected chi connectivity index (χ0v) is 12.7. The van der Waals surface area contributed by atoms with Crippen LogP contribution in [0.5, 0.6) is 5.75 Å². The van der Waals surface area contributed by atoms with Crippen LogP contribution in [0.1, 0.15) is 12.5 Å². The highest BCUT2D eigenvalue weighted by molar-refractivity contribution is 9.10. The maximum Gasteiger partial charge on any atom is 0.422 e. The fourth-order valence-corrected chi connectivity index (χ4v) is 2.39. The predicted octanol–water partition coefficient (Wildman–Crippen LogP) is 4.15. The minimum absolute atomic E-state index is 0.0569. The molecule has 1 rings (SSSR count). The highest BCUT2D eigenvalue weighted by Crippen LogP contribution is 2.35. The minimum atomic E-state index is -4.43. The molecule has 3 nitrogen and oxygen atoms in total. The van der Waals surface area contributed by atoms with Crippen molar-refractivity contribution in [2.24, 2.45) is 0 Å². The van der Waals surface area contributed by atoms with E-state index in [4.69, 9.17) is 16.3 Å². The van der Waals surface area contributed by atoms with Crippen molar-refractivity contribution in [2.75, 3.05) is 13.2 Å². The molecule has 8 heteroatoms. The smallest absolute Gasteiger partial charge is 0.422 e. The van der Waals surface area contributed by atoms with E-state index in [9.17, 15) is 18.0 Å². The van der Waals surface area contributed by atoms with E-state index >= 15 is 0 Å². The second-order valence-electron chi connectivity index (χ2n) is 3.88. The normalized spacial score (nSPS) is 11.3. The van der Waals surface area contributed by atoms with Crippen LogP contribution in [0.4, 0.5) is 13.2 Å². The van der Waals surface area contributed by atoms with Gasteiger partial charge in [0.2, 0.25) is 0 Å². The van der Waals surface area contributed by atoms with Crippen LogP contribution in [-0.4, -0.2) is 25.4 Å². The Morgan fingerprint density at radius 2 is 2.05 bits per heavy atom. The number of ether oxygens (including phenoxy) is 2. The molecule has 0 amide bonds. The minimum Gasteiger partial charge on any atom is -0.481 e. The maximum absolute atomic E-state index is 12.1. The van der Waals surface area contributed by atoms with Crippen molar-refractivity contribution in [3.05, 3.63) is 27.2 Å². The van der Waals surface area contributed by atoms with E-state index in [-0.39, 0.29) is 17.4 Å². The summed E-state index contributed by atoms with van der Waals surface area (Å²) < 4.78 is 46.0. The standard InChI is InChI=1S/C12H11BrClF3O3/c1-7(18)19-3-2-8-4-9(13)11(10(14)5-8)20-6-12(15,16)17/h4-5H,2-3,6H2,1H3. The maximum atomic E-state index is 12.1. The van der Waals surface area contributed by atoms with Crippen LogP contribution in [0.25, 0.3) is 0 Å². The van der Waals surface area contributed by atoms with Crippen molar-refractivity contribution in [3.63, 3.8) is 0 Å². The number of benzene rings is 1. The second-order valence-corrected chi connectivity index (χ2v) is 5.14. The number of halogens is 5. The van der Waals surface area contributed by atoms with Crippen molar-refractivity contribution in [2.45, 2.75) is 19.5 Å². The van der Waals surface area contributed by atoms with E-state index in [2.05, 4.69) is 20.7 Å². The molecule has 0 N–H and O–H groups in total. The molecule has 0 unspecified atom stereocenters. The number of alkyl halides is 3. The topological polar surface area (TPSA) is 35.5 Å². The number of carbonyl (C=O) groups is 1. The Hall–Kier alpha value is -0.950. The monoisotopic (exact) mass is 374 g/mol. The SMILES string of the molecule is CC(=O)OCCc1cc(Cl)c(OCC(F)(F)F)c(Br)c1. The highest BCUT2D eigenvalue weighted by atomic mass is 79.9. The average molecular weight is 376 g/mol. The lowest BCUT2D eigenvalue weighted by atomic mass is 10.1. The molecular formula is C12H11BrClF3O3. The van der Waals surface area contributed by atoms with Gasteiger partial charge in [0.25, 0.3) is 0 Å². The van der Waals surface area contributed by atoms with Crippen molar-refractivity contribution in [3.8, 4) is 5.75 Å². The Bertz CT molecular complexity index is 468. The molecule has 0 aliphatic carbocycles. The number of carbonyl (C=O) groups excluding carboxylic acids is 1. The van der Waals surface area contributed by atoms with Gasteiger partial charge in [0.05, 0.1) is 16.1 Å². The number of hydrogen-bond donors (Lipinski definition) is 0. The van der Waals surface area contributed by atoms with E-state index < -0.39 is 18.8 Å². The summed E-state index contributed by atoms with van der Waals surface area (Å²) in [5.41, 5.74) is 0.711. The average Bonchev–Trinajstić information content (AvgIpc) is 2.25. The van der Waals surface area contributed by atoms with Gasteiger partial charge in [0, 0.05) is 13.3 Å². The van der Waals surface area contributed by atoms with E-state index in [1.54, 1.807) is 6.07 Å². The van der Waals surface area contributed by atoms with E-state index in [1.807, 2.05) is 0 Å². The summed E-state index contributed by atoms with van der Waals surface area (Å²) in [5.74, 6) is -0.472. The molecule has 0 fully saturated rings. The fraction of sp³-hybridized carbons (Fsp3) is 0.417. The third-order valence-corrected chi connectivity index (χ3v) is 3.00. The lowest BCUT2D eigenvalue weighted by molar-refractivity contribution is -0.153. The predicted molar refractivity (Wildman–Crippen MR) is 71.0 cm³/mol. The van der Waals surface area contributed by atoms with Gasteiger partial charge in [-0.05, 0) is 33.6 Å². The molecule has 1 aromatic carbocycles. The molecule has 0 radical (unpaired) electrons. The van der Waals surface area contributed by atoms with Gasteiger partial charge in [-0.3, -0.25) is 4.79 Å². The van der Waals surface area contributed by atoms with Crippen LogP contribution in [0, 0.1) is 0 Å². The number of hydrogen-bond acceptors (Lipinski definition) is 3. The summed E-state index contributed by atoms with van der Waals surface area (Å²) in [6.07, 6.45) is -4.03. The quantitative estimate of drug-likeness (QED) is 0.725. The molecule has 0 atom stereocenters. The van der Waals surface area contributed by atoms with Gasteiger partial charge in [-0.25, -0.2) is 0 Å². The van der Waals surface area contributed by atoms with E-state index in [1.165, 1.54) is 13.0 Å². The molecule has 0 heterocycles. The number of rotatable bonds is 5. The van der Waals surface area contributed by atoms with Crippen molar-refractivity contribution >= 4 is 33.5 Å². The summed E-state index contributed by atoms with van der Waals surface area (Å²) in [6, 6.07) is 3.04. The van der Waals surface area contributed by atoms with Crippen LogP contribution in [-0.2, 0) is 16.0 Å². The summed E-state index contributed by atoms with van der Waals surface area (Å²) in [6.45, 7) is 0.0376. The summed E-state index contributed by atoms with van der Waals surface area (Å²) in [4.78, 5) is 10.6. The Morgan fingerprint density at radius 1 is 1.40 bits per heavy atom. The Morgan fingerprint density at radius 3 is 2.55 bits per heavy atom. The molecule has 20 heavy (non-hydrogen) atoms. The van der Waals surface area contributed by atoms with Crippen LogP contribution in [0.3, 0.4) is 0 Å². The Kier molecular flexibility index (Phi) is 6.13. The second kappa shape index (κ2) is 7.17. The van der Waals surface area contributed by atoms with Gasteiger partial charge in [-0.1, -0.05) is 11.6 Å². The zero-order chi connectivity index (χ0) is 15.3. The van der Waals surface area contributed by atoms with Crippen LogP contribution in [0.15, 0.2) is 16.6 Å². The molecular weight excluding hydrogens is 364 g/mol. The number of esters is 1. The molecule has 0 aliphatic rings. The van der Waals surface area contributed by atoms with Crippen LogP contribution < -0.4 is 4.74 Å². The van der Waals surface area contributed by atoms with Crippen molar-refractivity contribution in [1.29, 1.82) is 0 Å². The Balaban J connectivity index is 2.73. The lowest BCUT2D eigenvalue weighted by Gasteiger charge is -2.13. The van der Waals surface area contributed by atoms with Gasteiger partial charge in [0.15, 0.2) is 12.4 Å². The first-order chi connectivity index (χ1) is 9.19. The summed E-state index contributed by atoms with van der Waals surface area (Å²) in [7, 11) is 0. The van der Waals surface area contributed by atoms with E-state index in [0.29, 0.717) is 16.5 Å². The summed E-state index contributed by atoms with van der Waals surface area (Å²) >= 11 is 8.98. The Labute approximate surface area is 127 Å². The molecule has 0 aromatic heterocycles. The van der Waals surface area contributed by atoms with Crippen LogP contribution in [0.2, 0.25) is 5.02 Å². The molecule has 0 bridgehead atoms. The van der Waals surface area contributed by atoms with Gasteiger partial charge in [-0.15, -0.1) is 0 Å². The zero-order valence-electron chi connectivity index (χ0n) is 10.4. The van der Waals surface area contributed by atoms with Gasteiger partial charge in [-0.2, -0.15) is 13.2 Å². The third kappa shape index (κ3) is 6.00. The van der Waals surface area contributed by atoms with Gasteiger partial charge >= 0.3 is 12.1 Å². The first-order valence-electron chi connectivity index (χ1n) is 5.50. The molecule has 0 spiro atoms. The summed E-state index contributed by atoms with van der Waals surface area (Å²) in [5, 5.41) is 0.0569. The third-order valence-electron chi connectivity index (χ3n) is 2.13. The van der Waals surface area contributed by atoms with Gasteiger partial charge in [0.1, 0.15) is 0 Å². The largest absolute Gasteiger partial charge is 0.481 e. The lowest BCUT2D eigenvalue weighted by Crippen LogP contribution is -2.19. The van der Waals surface area contributed by atoms with Crippen LogP contribution >= 0.6 is 27.5 Å². The van der Waals surface area contributed by atoms with Crippen molar-refractivity contribution in [1.82, 2.24) is 0 Å². The molecule has 112 valence electrons. The first kappa shape index (κ1) is 17.1. The van der Waals surface area contributed by atoms with Gasteiger partial charge < -0.3 is 9.47 Å². The molecule has 1 aromatic rings. The highest BCUT2D eigenvalue weighted by Gasteiger charge is 2.29.